The number of nitrogens with one attached hydrogen (secondary N) is 1. The quantitative estimate of drug-likeness (QED) is 0.700. The number of amides is 1. The van der Waals surface area contributed by atoms with Gasteiger partial charge in [-0.25, -0.2) is 0 Å². The summed E-state index contributed by atoms with van der Waals surface area (Å²) in [6.45, 7) is 3.18. The fraction of sp³-hybridized carbons (Fsp3) is 0.917. The Morgan fingerprint density at radius 1 is 1.25 bits per heavy atom. The van der Waals surface area contributed by atoms with Gasteiger partial charge in [0.15, 0.2) is 0 Å². The molecule has 1 amide bonds. The lowest BCUT2D eigenvalue weighted by atomic mass is 9.88. The molecule has 3 aliphatic heterocycles. The molecule has 2 bridgehead atoms. The Hall–Kier alpha value is -0.610. The van der Waals surface area contributed by atoms with Gasteiger partial charge in [-0.3, -0.25) is 4.79 Å². The highest BCUT2D eigenvalue weighted by Gasteiger charge is 2.44. The molecule has 3 aliphatic rings. The first-order valence-electron chi connectivity index (χ1n) is 6.47. The van der Waals surface area contributed by atoms with Crippen LogP contribution in [0.3, 0.4) is 0 Å². The van der Waals surface area contributed by atoms with Crippen molar-refractivity contribution >= 4 is 5.91 Å². The van der Waals surface area contributed by atoms with E-state index in [9.17, 15) is 4.79 Å². The minimum Gasteiger partial charge on any atom is -0.380 e. The molecule has 4 heteroatoms. The van der Waals surface area contributed by atoms with Gasteiger partial charge in [0.25, 0.3) is 0 Å². The van der Waals surface area contributed by atoms with Gasteiger partial charge in [-0.05, 0) is 25.7 Å². The van der Waals surface area contributed by atoms with Gasteiger partial charge in [-0.2, -0.15) is 0 Å². The largest absolute Gasteiger partial charge is 0.380 e. The predicted octanol–water partition coefficient (Wildman–Crippen LogP) is 0.376. The topological polar surface area (TPSA) is 41.6 Å². The molecule has 3 fully saturated rings. The summed E-state index contributed by atoms with van der Waals surface area (Å²) in [5.74, 6) is 0.613. The molecule has 0 aliphatic carbocycles. The van der Waals surface area contributed by atoms with E-state index < -0.39 is 0 Å². The van der Waals surface area contributed by atoms with Crippen molar-refractivity contribution in [3.8, 4) is 0 Å². The molecule has 0 aromatic heterocycles. The van der Waals surface area contributed by atoms with E-state index in [2.05, 4.69) is 5.32 Å². The minimum atomic E-state index is 0.247. The smallest absolute Gasteiger partial charge is 0.227 e. The van der Waals surface area contributed by atoms with E-state index in [-0.39, 0.29) is 5.92 Å². The second-order valence-electron chi connectivity index (χ2n) is 5.18. The van der Waals surface area contributed by atoms with Gasteiger partial charge in [-0.15, -0.1) is 0 Å². The highest BCUT2D eigenvalue weighted by atomic mass is 16.5. The van der Waals surface area contributed by atoms with E-state index in [4.69, 9.17) is 4.74 Å². The van der Waals surface area contributed by atoms with E-state index in [0.29, 0.717) is 24.6 Å². The third-order valence-electron chi connectivity index (χ3n) is 4.15. The molecule has 0 aromatic rings. The highest BCUT2D eigenvalue weighted by molar-refractivity contribution is 5.80. The maximum atomic E-state index is 12.4. The number of hydrogen-bond acceptors (Lipinski definition) is 3. The number of nitrogens with zero attached hydrogens (tertiary/aromatic N) is 1. The lowest BCUT2D eigenvalue weighted by Gasteiger charge is -2.27. The van der Waals surface area contributed by atoms with Crippen molar-refractivity contribution in [3.05, 3.63) is 0 Å². The highest BCUT2D eigenvalue weighted by Crippen LogP contribution is 2.34. The van der Waals surface area contributed by atoms with Crippen LogP contribution in [0.15, 0.2) is 0 Å². The Kier molecular flexibility index (Phi) is 2.86. The van der Waals surface area contributed by atoms with Crippen LogP contribution in [-0.2, 0) is 9.53 Å². The normalized spacial score (nSPS) is 38.8. The van der Waals surface area contributed by atoms with Gasteiger partial charge >= 0.3 is 0 Å². The summed E-state index contributed by atoms with van der Waals surface area (Å²) in [6, 6.07) is 1.07. The van der Waals surface area contributed by atoms with Crippen molar-refractivity contribution < 1.29 is 9.53 Å². The molecule has 3 saturated heterocycles. The number of rotatable bonds is 1. The molecule has 0 aromatic carbocycles. The van der Waals surface area contributed by atoms with Crippen LogP contribution in [0.1, 0.15) is 25.7 Å². The Labute approximate surface area is 96.3 Å². The third kappa shape index (κ3) is 1.84. The van der Waals surface area contributed by atoms with Crippen LogP contribution in [0, 0.1) is 5.92 Å². The van der Waals surface area contributed by atoms with Gasteiger partial charge in [-0.1, -0.05) is 0 Å². The van der Waals surface area contributed by atoms with Crippen molar-refractivity contribution in [2.24, 2.45) is 5.92 Å². The van der Waals surface area contributed by atoms with Crippen LogP contribution < -0.4 is 5.32 Å². The third-order valence-corrected chi connectivity index (χ3v) is 4.15. The predicted molar refractivity (Wildman–Crippen MR) is 60.1 cm³/mol. The van der Waals surface area contributed by atoms with Crippen LogP contribution in [0.5, 0.6) is 0 Å². The molecule has 16 heavy (non-hydrogen) atoms. The first-order chi connectivity index (χ1) is 7.84. The Morgan fingerprint density at radius 3 is 2.94 bits per heavy atom. The van der Waals surface area contributed by atoms with Gasteiger partial charge in [0, 0.05) is 31.8 Å². The van der Waals surface area contributed by atoms with E-state index in [0.717, 1.165) is 32.5 Å². The SMILES string of the molecule is O=C(C1CC2CCC1N2)N1CCCOCC1. The lowest BCUT2D eigenvalue weighted by Crippen LogP contribution is -2.42. The summed E-state index contributed by atoms with van der Waals surface area (Å²) in [5.41, 5.74) is 0. The zero-order chi connectivity index (χ0) is 11.0. The molecule has 3 rings (SSSR count). The standard InChI is InChI=1S/C12H20N2O2/c15-12(14-4-1-6-16-7-5-14)10-8-9-2-3-11(10)13-9/h9-11,13H,1-8H2. The molecule has 0 radical (unpaired) electrons. The Morgan fingerprint density at radius 2 is 2.19 bits per heavy atom. The summed E-state index contributed by atoms with van der Waals surface area (Å²) in [4.78, 5) is 14.4. The first-order valence-corrected chi connectivity index (χ1v) is 6.47. The Balaban J connectivity index is 1.63. The molecular weight excluding hydrogens is 204 g/mol. The minimum absolute atomic E-state index is 0.247. The van der Waals surface area contributed by atoms with Crippen LogP contribution >= 0.6 is 0 Å². The van der Waals surface area contributed by atoms with Crippen LogP contribution in [0.4, 0.5) is 0 Å². The van der Waals surface area contributed by atoms with Crippen molar-refractivity contribution in [1.29, 1.82) is 0 Å². The molecule has 3 unspecified atom stereocenters. The molecule has 3 atom stereocenters. The van der Waals surface area contributed by atoms with Crippen LogP contribution in [0.25, 0.3) is 0 Å². The molecule has 90 valence electrons. The molecule has 0 saturated carbocycles. The summed E-state index contributed by atoms with van der Waals surface area (Å²) in [6.07, 6.45) is 4.49. The Bertz CT molecular complexity index is 274. The van der Waals surface area contributed by atoms with Crippen LogP contribution in [0.2, 0.25) is 0 Å². The van der Waals surface area contributed by atoms with E-state index >= 15 is 0 Å². The number of ether oxygens (including phenoxy) is 1. The summed E-state index contributed by atoms with van der Waals surface area (Å²) >= 11 is 0. The molecule has 0 spiro atoms. The van der Waals surface area contributed by atoms with E-state index in [1.54, 1.807) is 0 Å². The maximum Gasteiger partial charge on any atom is 0.227 e. The van der Waals surface area contributed by atoms with Gasteiger partial charge in [0.05, 0.1) is 12.5 Å². The number of carbonyl (C=O) groups is 1. The zero-order valence-corrected chi connectivity index (χ0v) is 9.65. The summed E-state index contributed by atoms with van der Waals surface area (Å²) in [5, 5.41) is 3.53. The first kappa shape index (κ1) is 10.5. The fourth-order valence-electron chi connectivity index (χ4n) is 3.30. The number of hydrogen-bond donors (Lipinski definition) is 1. The second-order valence-corrected chi connectivity index (χ2v) is 5.18. The zero-order valence-electron chi connectivity index (χ0n) is 9.65. The van der Waals surface area contributed by atoms with Crippen molar-refractivity contribution in [3.63, 3.8) is 0 Å². The van der Waals surface area contributed by atoms with Crippen molar-refractivity contribution in [2.75, 3.05) is 26.3 Å². The fourth-order valence-corrected chi connectivity index (χ4v) is 3.30. The van der Waals surface area contributed by atoms with E-state index in [1.807, 2.05) is 4.90 Å². The number of fused-ring (bicyclic) bond motifs is 2. The number of carbonyl (C=O) groups excluding carboxylic acids is 1. The molecule has 3 heterocycles. The maximum absolute atomic E-state index is 12.4. The monoisotopic (exact) mass is 224 g/mol. The van der Waals surface area contributed by atoms with E-state index in [1.165, 1.54) is 12.8 Å². The van der Waals surface area contributed by atoms with Crippen molar-refractivity contribution in [2.45, 2.75) is 37.8 Å². The van der Waals surface area contributed by atoms with Gasteiger partial charge < -0.3 is 15.0 Å². The second kappa shape index (κ2) is 4.34. The average Bonchev–Trinajstić information content (AvgIpc) is 2.82. The molecular formula is C12H20N2O2. The van der Waals surface area contributed by atoms with Gasteiger partial charge in [0.1, 0.15) is 0 Å². The summed E-state index contributed by atoms with van der Waals surface area (Å²) in [7, 11) is 0. The van der Waals surface area contributed by atoms with Crippen LogP contribution in [-0.4, -0.2) is 49.2 Å². The van der Waals surface area contributed by atoms with Gasteiger partial charge in [0.2, 0.25) is 5.91 Å². The average molecular weight is 224 g/mol. The lowest BCUT2D eigenvalue weighted by molar-refractivity contribution is -0.136. The van der Waals surface area contributed by atoms with Crippen molar-refractivity contribution in [1.82, 2.24) is 10.2 Å². The summed E-state index contributed by atoms with van der Waals surface area (Å²) < 4.78 is 5.39. The molecule has 1 N–H and O–H groups in total. The molecule has 4 nitrogen and oxygen atoms in total.